The lowest BCUT2D eigenvalue weighted by Gasteiger charge is -2.19. The van der Waals surface area contributed by atoms with Gasteiger partial charge in [-0.05, 0) is 57.4 Å². The zero-order valence-corrected chi connectivity index (χ0v) is 26.1. The van der Waals surface area contributed by atoms with Crippen LogP contribution in [0.4, 0.5) is 16.4 Å². The van der Waals surface area contributed by atoms with E-state index >= 15 is 0 Å². The van der Waals surface area contributed by atoms with Gasteiger partial charge in [0.1, 0.15) is 5.60 Å². The average molecular weight is 590 g/mol. The van der Waals surface area contributed by atoms with Gasteiger partial charge in [0.05, 0.1) is 34.0 Å². The first-order chi connectivity index (χ1) is 19.8. The fraction of sp³-hybridized carbons (Fsp3) is 0.419. The fourth-order valence-electron chi connectivity index (χ4n) is 4.10. The molecule has 0 bridgehead atoms. The number of anilines is 2. The molecule has 0 unspecified atom stereocenters. The summed E-state index contributed by atoms with van der Waals surface area (Å²) in [6.45, 7) is 14.7. The second kappa shape index (κ2) is 12.8. The standard InChI is InChI=1S/C31H39N7O3S/c1-20-16-22(9-8-21(20)10-11-25(39)26-18-34-27(42-26)30(2,3)4)24-12-13-32-28(37-24)36-23-17-35-38(19-23)15-14-33-29(40)41-31(5,6)7/h8-9,12-13,16-19H,10-11,14-15H2,1-7H3,(H,33,40)(H,32,36,37). The predicted octanol–water partition coefficient (Wildman–Crippen LogP) is 6.49. The summed E-state index contributed by atoms with van der Waals surface area (Å²) in [4.78, 5) is 38.8. The second-order valence-electron chi connectivity index (χ2n) is 12.2. The van der Waals surface area contributed by atoms with Crippen molar-refractivity contribution in [3.05, 3.63) is 70.1 Å². The smallest absolute Gasteiger partial charge is 0.407 e. The zero-order chi connectivity index (χ0) is 30.5. The van der Waals surface area contributed by atoms with Crippen LogP contribution in [-0.2, 0) is 23.1 Å². The van der Waals surface area contributed by atoms with Crippen LogP contribution < -0.4 is 10.6 Å². The maximum atomic E-state index is 12.8. The number of hydrogen-bond acceptors (Lipinski definition) is 9. The van der Waals surface area contributed by atoms with Gasteiger partial charge in [-0.3, -0.25) is 9.48 Å². The van der Waals surface area contributed by atoms with Gasteiger partial charge in [-0.15, -0.1) is 11.3 Å². The highest BCUT2D eigenvalue weighted by Crippen LogP contribution is 2.28. The number of Topliss-reactive ketones (excluding diaryl/α,β-unsaturated/α-hetero) is 1. The summed E-state index contributed by atoms with van der Waals surface area (Å²) < 4.78 is 6.96. The minimum Gasteiger partial charge on any atom is -0.444 e. The molecule has 11 heteroatoms. The van der Waals surface area contributed by atoms with Crippen molar-refractivity contribution in [2.75, 3.05) is 11.9 Å². The van der Waals surface area contributed by atoms with E-state index in [0.29, 0.717) is 31.9 Å². The number of hydrogen-bond donors (Lipinski definition) is 2. The number of rotatable bonds is 10. The highest BCUT2D eigenvalue weighted by molar-refractivity contribution is 7.13. The number of alkyl carbamates (subject to hydrolysis) is 1. The zero-order valence-electron chi connectivity index (χ0n) is 25.3. The number of ether oxygens (including phenoxy) is 1. The van der Waals surface area contributed by atoms with Gasteiger partial charge in [0.25, 0.3) is 0 Å². The Morgan fingerprint density at radius 3 is 2.52 bits per heavy atom. The van der Waals surface area contributed by atoms with Crippen molar-refractivity contribution < 1.29 is 14.3 Å². The fourth-order valence-corrected chi connectivity index (χ4v) is 5.04. The summed E-state index contributed by atoms with van der Waals surface area (Å²) in [7, 11) is 0. The first-order valence-electron chi connectivity index (χ1n) is 14.0. The maximum Gasteiger partial charge on any atom is 0.407 e. The highest BCUT2D eigenvalue weighted by Gasteiger charge is 2.20. The Hall–Kier alpha value is -4.12. The molecule has 0 aliphatic heterocycles. The van der Waals surface area contributed by atoms with E-state index in [0.717, 1.165) is 38.0 Å². The lowest BCUT2D eigenvalue weighted by molar-refractivity contribution is 0.0525. The van der Waals surface area contributed by atoms with E-state index in [9.17, 15) is 9.59 Å². The molecule has 222 valence electrons. The van der Waals surface area contributed by atoms with Gasteiger partial charge in [0.15, 0.2) is 5.78 Å². The van der Waals surface area contributed by atoms with E-state index in [-0.39, 0.29) is 11.2 Å². The molecule has 4 rings (SSSR count). The molecule has 0 saturated carbocycles. The molecule has 0 saturated heterocycles. The number of carbonyl (C=O) groups is 2. The molecule has 0 atom stereocenters. The minimum atomic E-state index is -0.540. The Labute approximate surface area is 251 Å². The number of thiazole rings is 1. The van der Waals surface area contributed by atoms with E-state index in [1.54, 1.807) is 23.3 Å². The summed E-state index contributed by atoms with van der Waals surface area (Å²) in [5.41, 5.74) is 4.12. The Balaban J connectivity index is 1.33. The van der Waals surface area contributed by atoms with Crippen LogP contribution in [0.15, 0.2) is 49.1 Å². The molecule has 4 aromatic rings. The molecule has 42 heavy (non-hydrogen) atoms. The number of nitrogens with zero attached hydrogens (tertiary/aromatic N) is 5. The van der Waals surface area contributed by atoms with Crippen molar-refractivity contribution in [2.45, 2.75) is 78.9 Å². The molecule has 3 heterocycles. The van der Waals surface area contributed by atoms with Gasteiger partial charge < -0.3 is 15.4 Å². The van der Waals surface area contributed by atoms with E-state index in [2.05, 4.69) is 70.5 Å². The molecular formula is C31H39N7O3S. The van der Waals surface area contributed by atoms with Crippen molar-refractivity contribution in [3.63, 3.8) is 0 Å². The van der Waals surface area contributed by atoms with Gasteiger partial charge in [0, 0.05) is 42.5 Å². The maximum absolute atomic E-state index is 12.8. The third-order valence-corrected chi connectivity index (χ3v) is 7.70. The Morgan fingerprint density at radius 1 is 1.05 bits per heavy atom. The first kappa shape index (κ1) is 30.8. The third kappa shape index (κ3) is 8.69. The quantitative estimate of drug-likeness (QED) is 0.201. The molecule has 1 aromatic carbocycles. The van der Waals surface area contributed by atoms with Crippen LogP contribution in [0.5, 0.6) is 0 Å². The monoisotopic (exact) mass is 589 g/mol. The van der Waals surface area contributed by atoms with Crippen molar-refractivity contribution in [3.8, 4) is 11.3 Å². The predicted molar refractivity (Wildman–Crippen MR) is 165 cm³/mol. The van der Waals surface area contributed by atoms with E-state index in [1.165, 1.54) is 11.3 Å². The summed E-state index contributed by atoms with van der Waals surface area (Å²) >= 11 is 1.49. The average Bonchev–Trinajstić information content (AvgIpc) is 3.57. The number of carbonyl (C=O) groups excluding carboxylic acids is 2. The number of aromatic nitrogens is 5. The van der Waals surface area contributed by atoms with Gasteiger partial charge >= 0.3 is 6.09 Å². The van der Waals surface area contributed by atoms with Gasteiger partial charge in [-0.2, -0.15) is 5.10 Å². The first-order valence-corrected chi connectivity index (χ1v) is 14.8. The normalized spacial score (nSPS) is 11.8. The number of ketones is 1. The van der Waals surface area contributed by atoms with Crippen molar-refractivity contribution in [2.24, 2.45) is 0 Å². The van der Waals surface area contributed by atoms with Crippen LogP contribution in [0.2, 0.25) is 0 Å². The van der Waals surface area contributed by atoms with Crippen LogP contribution in [0.3, 0.4) is 0 Å². The molecule has 3 aromatic heterocycles. The molecule has 0 fully saturated rings. The molecular weight excluding hydrogens is 550 g/mol. The lowest BCUT2D eigenvalue weighted by atomic mass is 9.98. The van der Waals surface area contributed by atoms with Gasteiger partial charge in [-0.1, -0.05) is 32.9 Å². The van der Waals surface area contributed by atoms with E-state index < -0.39 is 11.7 Å². The largest absolute Gasteiger partial charge is 0.444 e. The molecule has 0 aliphatic carbocycles. The topological polar surface area (TPSA) is 124 Å². The van der Waals surface area contributed by atoms with Gasteiger partial charge in [-0.25, -0.2) is 19.7 Å². The molecule has 1 amide bonds. The highest BCUT2D eigenvalue weighted by atomic mass is 32.1. The lowest BCUT2D eigenvalue weighted by Crippen LogP contribution is -2.34. The Morgan fingerprint density at radius 2 is 1.83 bits per heavy atom. The SMILES string of the molecule is Cc1cc(-c2ccnc(Nc3cnn(CCNC(=O)OC(C)(C)C)c3)n2)ccc1CCC(=O)c1cnc(C(C)(C)C)s1. The van der Waals surface area contributed by atoms with E-state index in [4.69, 9.17) is 4.74 Å². The van der Waals surface area contributed by atoms with Crippen molar-refractivity contribution >= 4 is 34.8 Å². The van der Waals surface area contributed by atoms with Crippen molar-refractivity contribution in [1.29, 1.82) is 0 Å². The summed E-state index contributed by atoms with van der Waals surface area (Å²) in [5.74, 6) is 0.575. The summed E-state index contributed by atoms with van der Waals surface area (Å²) in [5, 5.41) is 11.2. The second-order valence-corrected chi connectivity index (χ2v) is 13.2. The molecule has 0 aliphatic rings. The van der Waals surface area contributed by atoms with Crippen LogP contribution in [-0.4, -0.2) is 48.8 Å². The number of nitrogens with one attached hydrogen (secondary N) is 2. The number of benzene rings is 1. The van der Waals surface area contributed by atoms with Crippen LogP contribution in [0, 0.1) is 6.92 Å². The Kier molecular flexibility index (Phi) is 9.40. The van der Waals surface area contributed by atoms with Crippen LogP contribution in [0.1, 0.15) is 73.8 Å². The number of amides is 1. The van der Waals surface area contributed by atoms with Gasteiger partial charge in [0.2, 0.25) is 5.95 Å². The molecule has 2 N–H and O–H groups in total. The molecule has 0 spiro atoms. The molecule has 10 nitrogen and oxygen atoms in total. The van der Waals surface area contributed by atoms with Crippen LogP contribution >= 0.6 is 11.3 Å². The Bertz CT molecular complexity index is 1550. The third-order valence-electron chi connectivity index (χ3n) is 6.24. The van der Waals surface area contributed by atoms with Crippen molar-refractivity contribution in [1.82, 2.24) is 30.0 Å². The number of aryl methyl sites for hydroxylation is 2. The van der Waals surface area contributed by atoms with Crippen LogP contribution in [0.25, 0.3) is 11.3 Å². The molecule has 0 radical (unpaired) electrons. The van der Waals surface area contributed by atoms with E-state index in [1.807, 2.05) is 39.1 Å². The summed E-state index contributed by atoms with van der Waals surface area (Å²) in [6, 6.07) is 8.05. The summed E-state index contributed by atoms with van der Waals surface area (Å²) in [6.07, 6.45) is 7.57. The minimum absolute atomic E-state index is 0.0594.